The lowest BCUT2D eigenvalue weighted by atomic mass is 10.3. The van der Waals surface area contributed by atoms with E-state index in [9.17, 15) is 4.79 Å². The minimum absolute atomic E-state index is 0.133. The highest BCUT2D eigenvalue weighted by atomic mass is 16.2. The van der Waals surface area contributed by atoms with Crippen molar-refractivity contribution in [1.29, 1.82) is 0 Å². The standard InChI is InChI=1S/C19H24N2O/c1-6-10-14-17(12-8-3)20-19(22)16-21(5)18(13-9-4)15-11-7-2/h6-15H,1-4,16H2,5H3,(H,20,22)/b14-10-,15-11-,17-12+,18-13+. The summed E-state index contributed by atoms with van der Waals surface area (Å²) in [5.41, 5.74) is 1.52. The van der Waals surface area contributed by atoms with Gasteiger partial charge >= 0.3 is 0 Å². The number of carbonyl (C=O) groups is 1. The quantitative estimate of drug-likeness (QED) is 0.624. The van der Waals surface area contributed by atoms with Crippen LogP contribution in [0.5, 0.6) is 0 Å². The van der Waals surface area contributed by atoms with E-state index in [1.165, 1.54) is 0 Å². The number of nitrogens with zero attached hydrogens (tertiary/aromatic N) is 1. The van der Waals surface area contributed by atoms with Crippen LogP contribution in [-0.4, -0.2) is 24.4 Å². The van der Waals surface area contributed by atoms with E-state index in [1.807, 2.05) is 24.1 Å². The number of amides is 1. The molecule has 1 N–H and O–H groups in total. The molecule has 0 fully saturated rings. The maximum absolute atomic E-state index is 12.1. The Labute approximate surface area is 133 Å². The van der Waals surface area contributed by atoms with Crippen molar-refractivity contribution in [2.75, 3.05) is 13.6 Å². The third kappa shape index (κ3) is 8.38. The first-order valence-corrected chi connectivity index (χ1v) is 6.83. The zero-order valence-electron chi connectivity index (χ0n) is 13.2. The van der Waals surface area contributed by atoms with Gasteiger partial charge in [-0.25, -0.2) is 0 Å². The number of carbonyl (C=O) groups excluding carboxylic acids is 1. The Balaban J connectivity index is 4.87. The first kappa shape index (κ1) is 19.2. The van der Waals surface area contributed by atoms with E-state index in [1.54, 1.807) is 48.6 Å². The van der Waals surface area contributed by atoms with Crippen molar-refractivity contribution >= 4 is 5.91 Å². The van der Waals surface area contributed by atoms with Crippen molar-refractivity contribution in [1.82, 2.24) is 10.2 Å². The molecule has 0 aromatic heterocycles. The number of rotatable bonds is 10. The number of nitrogens with one attached hydrogen (secondary N) is 1. The molecule has 0 rings (SSSR count). The molecule has 116 valence electrons. The summed E-state index contributed by atoms with van der Waals surface area (Å²) in [6.45, 7) is 14.7. The number of likely N-dealkylation sites (N-methyl/N-ethyl adjacent to an activating group) is 1. The third-order valence-electron chi connectivity index (χ3n) is 2.51. The van der Waals surface area contributed by atoms with Crippen LogP contribution in [0.1, 0.15) is 0 Å². The second kappa shape index (κ2) is 12.0. The van der Waals surface area contributed by atoms with Gasteiger partial charge in [0.1, 0.15) is 0 Å². The van der Waals surface area contributed by atoms with E-state index >= 15 is 0 Å². The van der Waals surface area contributed by atoms with Crippen molar-refractivity contribution in [2.45, 2.75) is 0 Å². The number of allylic oxidation sites excluding steroid dienone is 10. The summed E-state index contributed by atoms with van der Waals surface area (Å²) in [5.74, 6) is -0.133. The van der Waals surface area contributed by atoms with Gasteiger partial charge in [0.2, 0.25) is 5.91 Å². The summed E-state index contributed by atoms with van der Waals surface area (Å²) >= 11 is 0. The fourth-order valence-electron chi connectivity index (χ4n) is 1.54. The van der Waals surface area contributed by atoms with Crippen LogP contribution in [0, 0.1) is 0 Å². The normalized spacial score (nSPS) is 12.2. The highest BCUT2D eigenvalue weighted by Crippen LogP contribution is 2.04. The second-order valence-electron chi connectivity index (χ2n) is 4.28. The molecular weight excluding hydrogens is 272 g/mol. The number of hydrogen-bond acceptors (Lipinski definition) is 2. The average molecular weight is 296 g/mol. The van der Waals surface area contributed by atoms with Crippen LogP contribution in [0.3, 0.4) is 0 Å². The lowest BCUT2D eigenvalue weighted by Gasteiger charge is -2.19. The van der Waals surface area contributed by atoms with Gasteiger partial charge in [0.15, 0.2) is 0 Å². The van der Waals surface area contributed by atoms with Crippen LogP contribution in [-0.2, 0) is 4.79 Å². The van der Waals surface area contributed by atoms with E-state index in [0.717, 1.165) is 5.70 Å². The van der Waals surface area contributed by atoms with Crippen molar-refractivity contribution in [3.63, 3.8) is 0 Å². The van der Waals surface area contributed by atoms with Gasteiger partial charge in [-0.1, -0.05) is 62.8 Å². The zero-order valence-corrected chi connectivity index (χ0v) is 13.2. The molecule has 0 saturated heterocycles. The smallest absolute Gasteiger partial charge is 0.243 e. The van der Waals surface area contributed by atoms with Crippen LogP contribution in [0.15, 0.2) is 98.5 Å². The molecule has 0 aliphatic heterocycles. The minimum Gasteiger partial charge on any atom is -0.365 e. The molecule has 0 atom stereocenters. The molecule has 0 unspecified atom stereocenters. The van der Waals surface area contributed by atoms with E-state index in [0.29, 0.717) is 5.70 Å². The summed E-state index contributed by atoms with van der Waals surface area (Å²) in [4.78, 5) is 13.9. The molecule has 0 aliphatic carbocycles. The molecule has 1 amide bonds. The molecule has 0 aromatic carbocycles. The molecule has 0 aromatic rings. The van der Waals surface area contributed by atoms with Crippen molar-refractivity contribution in [3.05, 3.63) is 98.5 Å². The first-order valence-electron chi connectivity index (χ1n) is 6.83. The van der Waals surface area contributed by atoms with Crippen molar-refractivity contribution < 1.29 is 4.79 Å². The van der Waals surface area contributed by atoms with Crippen LogP contribution >= 0.6 is 0 Å². The Morgan fingerprint density at radius 1 is 0.955 bits per heavy atom. The van der Waals surface area contributed by atoms with Crippen LogP contribution in [0.25, 0.3) is 0 Å². The van der Waals surface area contributed by atoms with Gasteiger partial charge in [-0.3, -0.25) is 4.79 Å². The first-order chi connectivity index (χ1) is 10.6. The maximum atomic E-state index is 12.1. The average Bonchev–Trinajstić information content (AvgIpc) is 2.49. The van der Waals surface area contributed by atoms with Gasteiger partial charge in [0, 0.05) is 18.4 Å². The SMILES string of the molecule is C=C/C=C\C(=C/C=C)NC(=O)CN(C)C(/C=C\C=C)=C/C=C. The predicted molar refractivity (Wildman–Crippen MR) is 96.0 cm³/mol. The summed E-state index contributed by atoms with van der Waals surface area (Å²) in [5, 5.41) is 2.81. The van der Waals surface area contributed by atoms with Gasteiger partial charge in [-0.05, 0) is 24.3 Å². The molecule has 0 bridgehead atoms. The summed E-state index contributed by atoms with van der Waals surface area (Å²) in [6, 6.07) is 0. The van der Waals surface area contributed by atoms with Gasteiger partial charge in [0.05, 0.1) is 6.54 Å². The number of hydrogen-bond donors (Lipinski definition) is 1. The molecule has 0 radical (unpaired) electrons. The largest absolute Gasteiger partial charge is 0.365 e. The van der Waals surface area contributed by atoms with Gasteiger partial charge in [0.25, 0.3) is 0 Å². The Kier molecular flexibility index (Phi) is 10.4. The molecule has 0 saturated carbocycles. The van der Waals surface area contributed by atoms with Crippen LogP contribution < -0.4 is 5.32 Å². The fourth-order valence-corrected chi connectivity index (χ4v) is 1.54. The van der Waals surface area contributed by atoms with Crippen LogP contribution in [0.4, 0.5) is 0 Å². The van der Waals surface area contributed by atoms with Gasteiger partial charge in [-0.15, -0.1) is 0 Å². The lowest BCUT2D eigenvalue weighted by molar-refractivity contribution is -0.120. The lowest BCUT2D eigenvalue weighted by Crippen LogP contribution is -2.33. The Hall–Kier alpha value is -2.81. The fraction of sp³-hybridized carbons (Fsp3) is 0.105. The summed E-state index contributed by atoms with van der Waals surface area (Å²) in [7, 11) is 1.83. The van der Waals surface area contributed by atoms with Crippen molar-refractivity contribution in [3.8, 4) is 0 Å². The van der Waals surface area contributed by atoms with Crippen LogP contribution in [0.2, 0.25) is 0 Å². The molecule has 3 nitrogen and oxygen atoms in total. The Bertz CT molecular complexity index is 534. The molecule has 0 aliphatic rings. The monoisotopic (exact) mass is 296 g/mol. The summed E-state index contributed by atoms with van der Waals surface area (Å²) < 4.78 is 0. The van der Waals surface area contributed by atoms with E-state index in [2.05, 4.69) is 31.6 Å². The third-order valence-corrected chi connectivity index (χ3v) is 2.51. The highest BCUT2D eigenvalue weighted by Gasteiger charge is 2.08. The molecule has 3 heteroatoms. The van der Waals surface area contributed by atoms with E-state index < -0.39 is 0 Å². The second-order valence-corrected chi connectivity index (χ2v) is 4.28. The molecular formula is C19H24N2O. The zero-order chi connectivity index (χ0) is 16.8. The van der Waals surface area contributed by atoms with E-state index in [4.69, 9.17) is 0 Å². The predicted octanol–water partition coefficient (Wildman–Crippen LogP) is 3.66. The van der Waals surface area contributed by atoms with Gasteiger partial charge < -0.3 is 10.2 Å². The molecule has 0 heterocycles. The topological polar surface area (TPSA) is 32.3 Å². The molecule has 22 heavy (non-hydrogen) atoms. The Morgan fingerprint density at radius 2 is 1.55 bits per heavy atom. The van der Waals surface area contributed by atoms with Crippen molar-refractivity contribution in [2.24, 2.45) is 0 Å². The van der Waals surface area contributed by atoms with Gasteiger partial charge in [-0.2, -0.15) is 0 Å². The highest BCUT2D eigenvalue weighted by molar-refractivity contribution is 5.80. The summed E-state index contributed by atoms with van der Waals surface area (Å²) in [6.07, 6.45) is 17.3. The van der Waals surface area contributed by atoms with E-state index in [-0.39, 0.29) is 12.5 Å². The minimum atomic E-state index is -0.133. The molecule has 0 spiro atoms. The Morgan fingerprint density at radius 3 is 2.09 bits per heavy atom. The maximum Gasteiger partial charge on any atom is 0.243 e.